The molecule has 2 aliphatic carbocycles. The summed E-state index contributed by atoms with van der Waals surface area (Å²) in [6, 6.07) is 0. The van der Waals surface area contributed by atoms with Crippen molar-refractivity contribution in [2.45, 2.75) is 77.2 Å². The number of hydrogen-bond donors (Lipinski definition) is 1. The summed E-state index contributed by atoms with van der Waals surface area (Å²) in [5.74, 6) is 2.37. The van der Waals surface area contributed by atoms with E-state index < -0.39 is 0 Å². The van der Waals surface area contributed by atoms with E-state index in [0.29, 0.717) is 0 Å². The Bertz CT molecular complexity index is 217. The monoisotopic (exact) mass is 223 g/mol. The van der Waals surface area contributed by atoms with Crippen LogP contribution in [-0.2, 0) is 0 Å². The summed E-state index contributed by atoms with van der Waals surface area (Å²) < 4.78 is 0. The van der Waals surface area contributed by atoms with Gasteiger partial charge in [0.15, 0.2) is 0 Å². The second-order valence-corrected chi connectivity index (χ2v) is 6.46. The molecule has 2 aliphatic rings. The van der Waals surface area contributed by atoms with Crippen molar-refractivity contribution in [3.05, 3.63) is 0 Å². The summed E-state index contributed by atoms with van der Waals surface area (Å²) in [6.07, 6.45) is 12.6. The Labute approximate surface area is 101 Å². The van der Waals surface area contributed by atoms with Crippen LogP contribution in [0.3, 0.4) is 0 Å². The van der Waals surface area contributed by atoms with E-state index in [1.54, 1.807) is 0 Å². The molecule has 1 nitrogen and oxygen atoms in total. The maximum Gasteiger partial charge on any atom is 0.0211 e. The third-order valence-electron chi connectivity index (χ3n) is 5.59. The zero-order valence-corrected chi connectivity index (χ0v) is 11.2. The molecule has 0 aliphatic heterocycles. The molecule has 0 aromatic carbocycles. The summed E-state index contributed by atoms with van der Waals surface area (Å²) in [5, 5.41) is 0. The molecule has 0 radical (unpaired) electrons. The fourth-order valence-electron chi connectivity index (χ4n) is 4.13. The van der Waals surface area contributed by atoms with Gasteiger partial charge in [-0.3, -0.25) is 0 Å². The van der Waals surface area contributed by atoms with Crippen molar-refractivity contribution in [3.63, 3.8) is 0 Å². The largest absolute Gasteiger partial charge is 0.325 e. The molecule has 0 aromatic heterocycles. The van der Waals surface area contributed by atoms with E-state index in [-0.39, 0.29) is 5.54 Å². The van der Waals surface area contributed by atoms with Gasteiger partial charge < -0.3 is 5.73 Å². The number of nitrogens with two attached hydrogens (primary N) is 1. The molecule has 16 heavy (non-hydrogen) atoms. The lowest BCUT2D eigenvalue weighted by Crippen LogP contribution is -2.56. The summed E-state index contributed by atoms with van der Waals surface area (Å²) in [4.78, 5) is 0. The molecule has 2 rings (SSSR count). The lowest BCUT2D eigenvalue weighted by atomic mass is 9.61. The first-order chi connectivity index (χ1) is 7.64. The fraction of sp³-hybridized carbons (Fsp3) is 1.00. The summed E-state index contributed by atoms with van der Waals surface area (Å²) >= 11 is 0. The van der Waals surface area contributed by atoms with Crippen molar-refractivity contribution in [3.8, 4) is 0 Å². The van der Waals surface area contributed by atoms with Gasteiger partial charge in [-0.05, 0) is 37.0 Å². The Morgan fingerprint density at radius 3 is 2.12 bits per heavy atom. The lowest BCUT2D eigenvalue weighted by Gasteiger charge is -2.48. The van der Waals surface area contributed by atoms with E-state index in [4.69, 9.17) is 5.73 Å². The van der Waals surface area contributed by atoms with E-state index >= 15 is 0 Å². The molecule has 2 N–H and O–H groups in total. The smallest absolute Gasteiger partial charge is 0.0211 e. The lowest BCUT2D eigenvalue weighted by molar-refractivity contribution is 0.0765. The highest BCUT2D eigenvalue weighted by Crippen LogP contribution is 2.44. The number of rotatable bonds is 1. The van der Waals surface area contributed by atoms with Gasteiger partial charge in [-0.1, -0.05) is 52.4 Å². The Morgan fingerprint density at radius 1 is 0.875 bits per heavy atom. The maximum absolute atomic E-state index is 6.84. The van der Waals surface area contributed by atoms with Crippen LogP contribution in [0.25, 0.3) is 0 Å². The van der Waals surface area contributed by atoms with Gasteiger partial charge in [0, 0.05) is 5.54 Å². The molecule has 0 amide bonds. The van der Waals surface area contributed by atoms with Gasteiger partial charge in [0.25, 0.3) is 0 Å². The fourth-order valence-corrected chi connectivity index (χ4v) is 4.13. The van der Waals surface area contributed by atoms with Crippen molar-refractivity contribution in [2.75, 3.05) is 0 Å². The summed E-state index contributed by atoms with van der Waals surface area (Å²) in [6.45, 7) is 4.82. The first kappa shape index (κ1) is 12.4. The van der Waals surface area contributed by atoms with Crippen LogP contribution in [-0.4, -0.2) is 5.54 Å². The van der Waals surface area contributed by atoms with E-state index in [2.05, 4.69) is 13.8 Å². The van der Waals surface area contributed by atoms with Crippen molar-refractivity contribution >= 4 is 0 Å². The average Bonchev–Trinajstić information content (AvgIpc) is 2.54. The third-order valence-corrected chi connectivity index (χ3v) is 5.59. The molecule has 3 atom stereocenters. The normalized spacial score (nSPS) is 42.9. The minimum Gasteiger partial charge on any atom is -0.325 e. The summed E-state index contributed by atoms with van der Waals surface area (Å²) in [7, 11) is 0. The predicted molar refractivity (Wildman–Crippen MR) is 70.3 cm³/mol. The van der Waals surface area contributed by atoms with Crippen LogP contribution in [0.1, 0.15) is 71.6 Å². The molecule has 94 valence electrons. The molecule has 0 aromatic rings. The molecule has 3 unspecified atom stereocenters. The molecule has 2 fully saturated rings. The first-order valence-corrected chi connectivity index (χ1v) is 7.43. The zero-order valence-electron chi connectivity index (χ0n) is 11.2. The van der Waals surface area contributed by atoms with Gasteiger partial charge in [-0.2, -0.15) is 0 Å². The standard InChI is InChI=1S/C15H29N/c1-12-8-7-11-15(16,13(12)2)14-9-5-3-4-6-10-14/h12-14H,3-11,16H2,1-2H3. The van der Waals surface area contributed by atoms with E-state index in [1.807, 2.05) is 0 Å². The second-order valence-electron chi connectivity index (χ2n) is 6.46. The van der Waals surface area contributed by atoms with Crippen molar-refractivity contribution in [1.29, 1.82) is 0 Å². The molecule has 0 heterocycles. The molecular weight excluding hydrogens is 194 g/mol. The van der Waals surface area contributed by atoms with Crippen LogP contribution >= 0.6 is 0 Å². The van der Waals surface area contributed by atoms with E-state index in [0.717, 1.165) is 17.8 Å². The topological polar surface area (TPSA) is 26.0 Å². The quantitative estimate of drug-likeness (QED) is 0.665. The van der Waals surface area contributed by atoms with Crippen molar-refractivity contribution in [1.82, 2.24) is 0 Å². The highest BCUT2D eigenvalue weighted by Gasteiger charge is 2.43. The first-order valence-electron chi connectivity index (χ1n) is 7.43. The Kier molecular flexibility index (Phi) is 3.94. The minimum atomic E-state index is 0.169. The Hall–Kier alpha value is -0.0400. The zero-order chi connectivity index (χ0) is 11.6. The van der Waals surface area contributed by atoms with Gasteiger partial charge in [0.05, 0.1) is 0 Å². The van der Waals surface area contributed by atoms with Crippen LogP contribution in [0.2, 0.25) is 0 Å². The highest BCUT2D eigenvalue weighted by atomic mass is 14.8. The van der Waals surface area contributed by atoms with E-state index in [9.17, 15) is 0 Å². The Balaban J connectivity index is 2.08. The SMILES string of the molecule is CC1CCCC(N)(C2CCCCCC2)C1C. The average molecular weight is 223 g/mol. The minimum absolute atomic E-state index is 0.169. The summed E-state index contributed by atoms with van der Waals surface area (Å²) in [5.41, 5.74) is 7.01. The van der Waals surface area contributed by atoms with Crippen LogP contribution in [0.4, 0.5) is 0 Å². The molecule has 2 saturated carbocycles. The van der Waals surface area contributed by atoms with Gasteiger partial charge in [0.1, 0.15) is 0 Å². The van der Waals surface area contributed by atoms with Gasteiger partial charge >= 0.3 is 0 Å². The number of hydrogen-bond acceptors (Lipinski definition) is 1. The van der Waals surface area contributed by atoms with Crippen LogP contribution in [0.15, 0.2) is 0 Å². The van der Waals surface area contributed by atoms with Gasteiger partial charge in [0.2, 0.25) is 0 Å². The van der Waals surface area contributed by atoms with Crippen molar-refractivity contribution < 1.29 is 0 Å². The van der Waals surface area contributed by atoms with E-state index in [1.165, 1.54) is 57.8 Å². The molecular formula is C15H29N. The van der Waals surface area contributed by atoms with Crippen LogP contribution < -0.4 is 5.73 Å². The third kappa shape index (κ3) is 2.30. The molecule has 0 spiro atoms. The predicted octanol–water partition coefficient (Wildman–Crippen LogP) is 4.11. The van der Waals surface area contributed by atoms with Crippen molar-refractivity contribution in [2.24, 2.45) is 23.5 Å². The van der Waals surface area contributed by atoms with Gasteiger partial charge in [-0.15, -0.1) is 0 Å². The Morgan fingerprint density at radius 2 is 1.50 bits per heavy atom. The highest BCUT2D eigenvalue weighted by molar-refractivity contribution is 5.00. The van der Waals surface area contributed by atoms with Crippen LogP contribution in [0.5, 0.6) is 0 Å². The van der Waals surface area contributed by atoms with Crippen LogP contribution in [0, 0.1) is 17.8 Å². The maximum atomic E-state index is 6.84. The molecule has 1 heteroatoms. The molecule has 0 saturated heterocycles. The molecule has 0 bridgehead atoms. The van der Waals surface area contributed by atoms with Gasteiger partial charge in [-0.25, -0.2) is 0 Å². The second kappa shape index (κ2) is 5.08.